The molecule has 10 heteroatoms. The third-order valence-corrected chi connectivity index (χ3v) is 5.13. The smallest absolute Gasteiger partial charge is 0.343 e. The zero-order chi connectivity index (χ0) is 25.2. The summed E-state index contributed by atoms with van der Waals surface area (Å²) in [5, 5.41) is 6.40. The summed E-state index contributed by atoms with van der Waals surface area (Å²) in [6.07, 6.45) is 1.34. The van der Waals surface area contributed by atoms with E-state index in [0.29, 0.717) is 28.2 Å². The molecular weight excluding hydrogens is 518 g/mol. The van der Waals surface area contributed by atoms with Crippen molar-refractivity contribution in [2.75, 3.05) is 20.8 Å². The minimum atomic E-state index is -0.548. The molecule has 3 rings (SSSR count). The Hall–Kier alpha value is -4.18. The zero-order valence-electron chi connectivity index (χ0n) is 18.9. The number of amides is 2. The average Bonchev–Trinajstić information content (AvgIpc) is 2.88. The quantitative estimate of drug-likeness (QED) is 0.186. The number of ether oxygens (including phenoxy) is 3. The van der Waals surface area contributed by atoms with Gasteiger partial charge in [0.25, 0.3) is 11.8 Å². The number of hydrogen-bond donors (Lipinski definition) is 2. The predicted molar refractivity (Wildman–Crippen MR) is 133 cm³/mol. The van der Waals surface area contributed by atoms with Crippen LogP contribution in [0, 0.1) is 0 Å². The number of halogens is 1. The van der Waals surface area contributed by atoms with Crippen LogP contribution in [-0.2, 0) is 4.79 Å². The Balaban J connectivity index is 1.58. The third-order valence-electron chi connectivity index (χ3n) is 4.63. The lowest BCUT2D eigenvalue weighted by atomic mass is 10.2. The highest BCUT2D eigenvalue weighted by molar-refractivity contribution is 9.10. The Kier molecular flexibility index (Phi) is 8.96. The van der Waals surface area contributed by atoms with Crippen LogP contribution in [0.1, 0.15) is 26.3 Å². The molecule has 2 amide bonds. The molecule has 0 radical (unpaired) electrons. The Labute approximate surface area is 210 Å². The van der Waals surface area contributed by atoms with E-state index in [-0.39, 0.29) is 12.3 Å². The van der Waals surface area contributed by atoms with E-state index < -0.39 is 17.8 Å². The van der Waals surface area contributed by atoms with Crippen molar-refractivity contribution in [2.24, 2.45) is 5.10 Å². The van der Waals surface area contributed by atoms with Crippen LogP contribution in [0.4, 0.5) is 0 Å². The van der Waals surface area contributed by atoms with E-state index >= 15 is 0 Å². The third kappa shape index (κ3) is 7.15. The minimum Gasteiger partial charge on any atom is -0.493 e. The molecule has 0 bridgehead atoms. The monoisotopic (exact) mass is 539 g/mol. The van der Waals surface area contributed by atoms with Crippen molar-refractivity contribution >= 4 is 39.9 Å². The first-order valence-electron chi connectivity index (χ1n) is 10.3. The molecule has 0 aliphatic heterocycles. The molecule has 0 saturated carbocycles. The number of benzene rings is 3. The summed E-state index contributed by atoms with van der Waals surface area (Å²) < 4.78 is 16.5. The molecule has 0 saturated heterocycles. The van der Waals surface area contributed by atoms with Crippen LogP contribution < -0.4 is 25.0 Å². The summed E-state index contributed by atoms with van der Waals surface area (Å²) in [7, 11) is 2.96. The first kappa shape index (κ1) is 25.4. The van der Waals surface area contributed by atoms with Gasteiger partial charge in [-0.15, -0.1) is 0 Å². The Morgan fingerprint density at radius 2 is 1.60 bits per heavy atom. The van der Waals surface area contributed by atoms with Crippen LogP contribution in [0.5, 0.6) is 17.2 Å². The molecule has 0 aliphatic carbocycles. The number of methoxy groups -OCH3 is 2. The second-order valence-electron chi connectivity index (χ2n) is 6.98. The topological polar surface area (TPSA) is 115 Å². The normalized spacial score (nSPS) is 10.5. The summed E-state index contributed by atoms with van der Waals surface area (Å²) in [5.41, 5.74) is 3.49. The van der Waals surface area contributed by atoms with Gasteiger partial charge in [0.05, 0.1) is 32.5 Å². The minimum absolute atomic E-state index is 0.266. The van der Waals surface area contributed by atoms with Crippen molar-refractivity contribution in [1.82, 2.24) is 10.7 Å². The van der Waals surface area contributed by atoms with E-state index in [2.05, 4.69) is 31.8 Å². The summed E-state index contributed by atoms with van der Waals surface area (Å²) in [4.78, 5) is 36.8. The molecule has 9 nitrogen and oxygen atoms in total. The molecule has 0 unspecified atom stereocenters. The van der Waals surface area contributed by atoms with Crippen LogP contribution in [0.2, 0.25) is 0 Å². The van der Waals surface area contributed by atoms with Gasteiger partial charge in [-0.2, -0.15) is 5.10 Å². The SMILES string of the molecule is COc1ccc(C(=O)NCC(=O)N/N=C\c2cc(Br)ccc2OC(=O)c2ccccc2)cc1OC. The van der Waals surface area contributed by atoms with Gasteiger partial charge in [-0.1, -0.05) is 34.1 Å². The standard InChI is InChI=1S/C25H22BrN3O6/c1-33-21-10-8-17(13-22(21)34-2)24(31)27-15-23(30)29-28-14-18-12-19(26)9-11-20(18)35-25(32)16-6-4-3-5-7-16/h3-14H,15H2,1-2H3,(H,27,31)(H,29,30)/b28-14-. The lowest BCUT2D eigenvalue weighted by molar-refractivity contribution is -0.120. The highest BCUT2D eigenvalue weighted by Crippen LogP contribution is 2.27. The van der Waals surface area contributed by atoms with Gasteiger partial charge in [0.2, 0.25) is 0 Å². The van der Waals surface area contributed by atoms with Crippen LogP contribution in [0.3, 0.4) is 0 Å². The van der Waals surface area contributed by atoms with E-state index in [1.807, 2.05) is 0 Å². The highest BCUT2D eigenvalue weighted by atomic mass is 79.9. The van der Waals surface area contributed by atoms with E-state index in [1.54, 1.807) is 60.7 Å². The second kappa shape index (κ2) is 12.3. The first-order chi connectivity index (χ1) is 16.9. The fraction of sp³-hybridized carbons (Fsp3) is 0.120. The molecule has 2 N–H and O–H groups in total. The molecule has 0 aromatic heterocycles. The number of hydrogen-bond acceptors (Lipinski definition) is 7. The average molecular weight is 540 g/mol. The molecule has 0 heterocycles. The number of carbonyl (C=O) groups excluding carboxylic acids is 3. The predicted octanol–water partition coefficient (Wildman–Crippen LogP) is 3.57. The molecule has 3 aromatic carbocycles. The molecular formula is C25H22BrN3O6. The molecule has 0 fully saturated rings. The number of nitrogens with one attached hydrogen (secondary N) is 2. The van der Waals surface area contributed by atoms with E-state index in [1.165, 1.54) is 26.5 Å². The number of esters is 1. The van der Waals surface area contributed by atoms with Gasteiger partial charge < -0.3 is 19.5 Å². The maximum atomic E-state index is 12.4. The molecule has 3 aromatic rings. The summed E-state index contributed by atoms with van der Waals surface area (Å²) in [6.45, 7) is -0.307. The lowest BCUT2D eigenvalue weighted by Gasteiger charge is -2.10. The van der Waals surface area contributed by atoms with Crippen molar-refractivity contribution in [2.45, 2.75) is 0 Å². The highest BCUT2D eigenvalue weighted by Gasteiger charge is 2.13. The van der Waals surface area contributed by atoms with Crippen molar-refractivity contribution in [3.63, 3.8) is 0 Å². The number of nitrogens with zero attached hydrogens (tertiary/aromatic N) is 1. The van der Waals surface area contributed by atoms with E-state index in [4.69, 9.17) is 14.2 Å². The second-order valence-corrected chi connectivity index (χ2v) is 7.90. The van der Waals surface area contributed by atoms with Crippen molar-refractivity contribution < 1.29 is 28.6 Å². The molecule has 35 heavy (non-hydrogen) atoms. The van der Waals surface area contributed by atoms with Crippen LogP contribution in [0.15, 0.2) is 76.3 Å². The fourth-order valence-corrected chi connectivity index (χ4v) is 3.28. The summed E-state index contributed by atoms with van der Waals surface area (Å²) in [5.74, 6) is -0.393. The fourth-order valence-electron chi connectivity index (χ4n) is 2.90. The van der Waals surface area contributed by atoms with Crippen LogP contribution >= 0.6 is 15.9 Å². The van der Waals surface area contributed by atoms with Crippen molar-refractivity contribution in [3.8, 4) is 17.2 Å². The number of hydrazone groups is 1. The summed E-state index contributed by atoms with van der Waals surface area (Å²) >= 11 is 3.36. The molecule has 180 valence electrons. The number of carbonyl (C=O) groups is 3. The zero-order valence-corrected chi connectivity index (χ0v) is 20.5. The first-order valence-corrected chi connectivity index (χ1v) is 11.1. The maximum absolute atomic E-state index is 12.4. The van der Waals surface area contributed by atoms with E-state index in [9.17, 15) is 14.4 Å². The molecule has 0 spiro atoms. The van der Waals surface area contributed by atoms with Gasteiger partial charge in [-0.25, -0.2) is 10.2 Å². The number of rotatable bonds is 9. The largest absolute Gasteiger partial charge is 0.493 e. The lowest BCUT2D eigenvalue weighted by Crippen LogP contribution is -2.34. The van der Waals surface area contributed by atoms with Crippen LogP contribution in [-0.4, -0.2) is 44.8 Å². The van der Waals surface area contributed by atoms with E-state index in [0.717, 1.165) is 4.47 Å². The Morgan fingerprint density at radius 1 is 0.886 bits per heavy atom. The van der Waals surface area contributed by atoms with Crippen LogP contribution in [0.25, 0.3) is 0 Å². The van der Waals surface area contributed by atoms with Gasteiger partial charge >= 0.3 is 5.97 Å². The Bertz CT molecular complexity index is 1250. The van der Waals surface area contributed by atoms with Gasteiger partial charge in [-0.05, 0) is 48.5 Å². The Morgan fingerprint density at radius 3 is 2.31 bits per heavy atom. The van der Waals surface area contributed by atoms with Gasteiger partial charge in [0.15, 0.2) is 11.5 Å². The van der Waals surface area contributed by atoms with Gasteiger partial charge in [0.1, 0.15) is 5.75 Å². The van der Waals surface area contributed by atoms with Gasteiger partial charge in [0, 0.05) is 15.6 Å². The van der Waals surface area contributed by atoms with Crippen molar-refractivity contribution in [1.29, 1.82) is 0 Å². The maximum Gasteiger partial charge on any atom is 0.343 e. The summed E-state index contributed by atoms with van der Waals surface area (Å²) in [6, 6.07) is 18.2. The molecule has 0 atom stereocenters. The van der Waals surface area contributed by atoms with Gasteiger partial charge in [-0.3, -0.25) is 9.59 Å². The molecule has 0 aliphatic rings. The van der Waals surface area contributed by atoms with Crippen molar-refractivity contribution in [3.05, 3.63) is 87.9 Å².